The lowest BCUT2D eigenvalue weighted by molar-refractivity contribution is -0.116. The maximum atomic E-state index is 14.3. The van der Waals surface area contributed by atoms with Crippen molar-refractivity contribution >= 4 is 45.1 Å². The summed E-state index contributed by atoms with van der Waals surface area (Å²) < 4.78 is 16.0. The maximum Gasteiger partial charge on any atom is 0.225 e. The Morgan fingerprint density at radius 3 is 2.81 bits per heavy atom. The van der Waals surface area contributed by atoms with E-state index >= 15 is 0 Å². The molecule has 0 aliphatic rings. The van der Waals surface area contributed by atoms with Crippen molar-refractivity contribution in [2.75, 3.05) is 16.4 Å². The normalized spacial score (nSPS) is 11.6. The zero-order valence-electron chi connectivity index (χ0n) is 17.2. The van der Waals surface area contributed by atoms with E-state index in [-0.39, 0.29) is 5.91 Å². The Bertz CT molecular complexity index is 1230. The quantitative estimate of drug-likeness (QED) is 0.382. The summed E-state index contributed by atoms with van der Waals surface area (Å²) in [5.41, 5.74) is 7.52. The molecule has 0 unspecified atom stereocenters. The van der Waals surface area contributed by atoms with Gasteiger partial charge in [0.25, 0.3) is 0 Å². The van der Waals surface area contributed by atoms with Gasteiger partial charge < -0.3 is 16.4 Å². The summed E-state index contributed by atoms with van der Waals surface area (Å²) >= 11 is 1.36. The Hall–Kier alpha value is -3.46. The zero-order chi connectivity index (χ0) is 22.0. The molecular weight excluding hydrogens is 415 g/mol. The van der Waals surface area contributed by atoms with Crippen molar-refractivity contribution in [1.82, 2.24) is 14.4 Å². The number of carbonyl (C=O) groups excluding carboxylic acids is 1. The van der Waals surface area contributed by atoms with Crippen LogP contribution < -0.4 is 16.4 Å². The number of nitrogens with zero attached hydrogens (tertiary/aromatic N) is 3. The highest BCUT2D eigenvalue weighted by atomic mass is 32.1. The molecule has 0 aliphatic carbocycles. The van der Waals surface area contributed by atoms with Crippen LogP contribution in [0.4, 0.5) is 27.4 Å². The van der Waals surface area contributed by atoms with Crippen LogP contribution in [0.25, 0.3) is 4.83 Å². The van der Waals surface area contributed by atoms with Crippen molar-refractivity contribution in [3.63, 3.8) is 0 Å². The summed E-state index contributed by atoms with van der Waals surface area (Å²) in [7, 11) is 0. The highest BCUT2D eigenvalue weighted by Crippen LogP contribution is 2.32. The third-order valence-corrected chi connectivity index (χ3v) is 5.72. The number of carbonyl (C=O) groups is 1. The van der Waals surface area contributed by atoms with Crippen LogP contribution in [0.3, 0.4) is 0 Å². The molecule has 0 saturated carbocycles. The number of hydrogen-bond acceptors (Lipinski definition) is 6. The number of amides is 1. The van der Waals surface area contributed by atoms with Crippen LogP contribution in [0.15, 0.2) is 54.3 Å². The second-order valence-corrected chi connectivity index (χ2v) is 8.56. The van der Waals surface area contributed by atoms with Crippen LogP contribution >= 0.6 is 11.3 Å². The van der Waals surface area contributed by atoms with Gasteiger partial charge in [0.1, 0.15) is 22.6 Å². The van der Waals surface area contributed by atoms with Crippen LogP contribution in [0, 0.1) is 0 Å². The van der Waals surface area contributed by atoms with Gasteiger partial charge in [0.05, 0.1) is 5.69 Å². The second-order valence-electron chi connectivity index (χ2n) is 7.70. The average molecular weight is 439 g/mol. The Labute approximate surface area is 183 Å². The van der Waals surface area contributed by atoms with Crippen LogP contribution in [0.2, 0.25) is 0 Å². The largest absolute Gasteiger partial charge is 0.384 e. The van der Waals surface area contributed by atoms with Gasteiger partial charge in [0.15, 0.2) is 5.82 Å². The fourth-order valence-corrected chi connectivity index (χ4v) is 4.34. The van der Waals surface area contributed by atoms with E-state index in [0.717, 1.165) is 21.8 Å². The van der Waals surface area contributed by atoms with E-state index in [2.05, 4.69) is 20.6 Å². The van der Waals surface area contributed by atoms with E-state index in [1.165, 1.54) is 25.2 Å². The molecule has 4 aromatic rings. The Morgan fingerprint density at radius 2 is 2.03 bits per heavy atom. The van der Waals surface area contributed by atoms with Gasteiger partial charge in [-0.3, -0.25) is 9.20 Å². The minimum atomic E-state index is -1.48. The van der Waals surface area contributed by atoms with Crippen molar-refractivity contribution in [2.24, 2.45) is 0 Å². The van der Waals surface area contributed by atoms with E-state index in [1.807, 2.05) is 30.3 Å². The minimum absolute atomic E-state index is 0.143. The van der Waals surface area contributed by atoms with Gasteiger partial charge in [-0.1, -0.05) is 12.1 Å². The number of aryl methyl sites for hydroxylation is 1. The summed E-state index contributed by atoms with van der Waals surface area (Å²) in [4.78, 5) is 21.4. The molecule has 0 bridgehead atoms. The monoisotopic (exact) mass is 438 g/mol. The third-order valence-electron chi connectivity index (χ3n) is 4.77. The van der Waals surface area contributed by atoms with Gasteiger partial charge in [-0.25, -0.2) is 14.4 Å². The summed E-state index contributed by atoms with van der Waals surface area (Å²) in [5, 5.41) is 7.87. The fourth-order valence-electron chi connectivity index (χ4n) is 3.25. The summed E-state index contributed by atoms with van der Waals surface area (Å²) in [6, 6.07) is 11.4. The molecule has 9 heteroatoms. The molecular formula is C22H23FN6OS. The summed E-state index contributed by atoms with van der Waals surface area (Å²) in [6.45, 7) is 3.00. The molecule has 0 spiro atoms. The summed E-state index contributed by atoms with van der Waals surface area (Å²) in [6.07, 6.45) is 4.06. The molecule has 1 aromatic carbocycles. The number of pyridine rings is 1. The smallest absolute Gasteiger partial charge is 0.225 e. The molecule has 0 fully saturated rings. The molecule has 31 heavy (non-hydrogen) atoms. The first-order valence-corrected chi connectivity index (χ1v) is 10.7. The number of nitrogens with two attached hydrogens (primary N) is 1. The number of alkyl halides is 1. The van der Waals surface area contributed by atoms with Crippen LogP contribution in [-0.2, 0) is 16.9 Å². The van der Waals surface area contributed by atoms with Crippen molar-refractivity contribution < 1.29 is 9.18 Å². The molecule has 4 N–H and O–H groups in total. The second kappa shape index (κ2) is 8.35. The lowest BCUT2D eigenvalue weighted by Gasteiger charge is -2.12. The predicted octanol–water partition coefficient (Wildman–Crippen LogP) is 4.89. The standard InChI is InChI=1S/C22H23FN6OS/c1-22(2,23)17-12-31-21-20(26-13-29(17)21)28-19(30)7-6-14-4-3-5-15(10-14)27-16-8-9-25-18(24)11-16/h3-5,8-13H,6-7H2,1-2H3,(H,28,30)(H3,24,25,27). The van der Waals surface area contributed by atoms with Crippen molar-refractivity contribution in [3.8, 4) is 0 Å². The van der Waals surface area contributed by atoms with Gasteiger partial charge in [0.2, 0.25) is 5.91 Å². The van der Waals surface area contributed by atoms with E-state index < -0.39 is 5.67 Å². The number of nitrogen functional groups attached to an aromatic ring is 1. The lowest BCUT2D eigenvalue weighted by atomic mass is 10.1. The average Bonchev–Trinajstić information content (AvgIpc) is 3.29. The van der Waals surface area contributed by atoms with E-state index in [0.29, 0.717) is 30.2 Å². The SMILES string of the molecule is CC(C)(F)c1csc2c(NC(=O)CCc3cccc(Nc4ccnc(N)c4)c3)ncn12. The molecule has 160 valence electrons. The van der Waals surface area contributed by atoms with Crippen molar-refractivity contribution in [1.29, 1.82) is 0 Å². The predicted molar refractivity (Wildman–Crippen MR) is 123 cm³/mol. The molecule has 0 saturated heterocycles. The highest BCUT2D eigenvalue weighted by molar-refractivity contribution is 7.16. The van der Waals surface area contributed by atoms with Gasteiger partial charge >= 0.3 is 0 Å². The van der Waals surface area contributed by atoms with E-state index in [4.69, 9.17) is 5.73 Å². The molecule has 0 aliphatic heterocycles. The number of nitrogens with one attached hydrogen (secondary N) is 2. The number of imidazole rings is 1. The zero-order valence-corrected chi connectivity index (χ0v) is 18.0. The fraction of sp³-hybridized carbons (Fsp3) is 0.227. The molecule has 7 nitrogen and oxygen atoms in total. The number of fused-ring (bicyclic) bond motifs is 1. The number of anilines is 4. The van der Waals surface area contributed by atoms with Crippen LogP contribution in [0.1, 0.15) is 31.5 Å². The molecule has 3 heterocycles. The van der Waals surface area contributed by atoms with Crippen LogP contribution in [0.5, 0.6) is 0 Å². The van der Waals surface area contributed by atoms with E-state index in [1.54, 1.807) is 28.4 Å². The molecule has 0 radical (unpaired) electrons. The first-order chi connectivity index (χ1) is 14.8. The number of rotatable bonds is 7. The molecule has 0 atom stereocenters. The number of hydrogen-bond donors (Lipinski definition) is 3. The number of aromatic nitrogens is 3. The number of thiazole rings is 1. The Morgan fingerprint density at radius 1 is 1.23 bits per heavy atom. The van der Waals surface area contributed by atoms with Crippen molar-refractivity contribution in [2.45, 2.75) is 32.4 Å². The van der Waals surface area contributed by atoms with Crippen LogP contribution in [-0.4, -0.2) is 20.3 Å². The first-order valence-electron chi connectivity index (χ1n) is 9.81. The number of halogens is 1. The summed E-state index contributed by atoms with van der Waals surface area (Å²) in [5.74, 6) is 0.755. The molecule has 4 rings (SSSR count). The van der Waals surface area contributed by atoms with Crippen molar-refractivity contribution in [3.05, 3.63) is 65.6 Å². The maximum absolute atomic E-state index is 14.3. The van der Waals surface area contributed by atoms with E-state index in [9.17, 15) is 9.18 Å². The van der Waals surface area contributed by atoms with Gasteiger partial charge in [-0.15, -0.1) is 11.3 Å². The molecule has 3 aromatic heterocycles. The minimum Gasteiger partial charge on any atom is -0.384 e. The van der Waals surface area contributed by atoms with Gasteiger partial charge in [0, 0.05) is 35.4 Å². The number of benzene rings is 1. The van der Waals surface area contributed by atoms with Gasteiger partial charge in [-0.05, 0) is 44.0 Å². The molecule has 1 amide bonds. The Kier molecular flexibility index (Phi) is 5.60. The highest BCUT2D eigenvalue weighted by Gasteiger charge is 2.25. The van der Waals surface area contributed by atoms with Gasteiger partial charge in [-0.2, -0.15) is 0 Å². The third kappa shape index (κ3) is 4.83. The topological polar surface area (TPSA) is 97.3 Å². The Balaban J connectivity index is 1.38. The lowest BCUT2D eigenvalue weighted by Crippen LogP contribution is -2.13. The first kappa shape index (κ1) is 20.8.